The molecule has 1 heterocycles. The van der Waals surface area contributed by atoms with E-state index in [-0.39, 0.29) is 18.5 Å². The maximum Gasteiger partial charge on any atom is 0.311 e. The number of hydrogen-bond acceptors (Lipinski definition) is 4. The molecule has 1 aromatic heterocycles. The van der Waals surface area contributed by atoms with Crippen LogP contribution in [-0.2, 0) is 16.0 Å². The molecule has 5 rings (SSSR count). The van der Waals surface area contributed by atoms with Crippen molar-refractivity contribution < 1.29 is 18.7 Å². The number of esters is 1. The minimum absolute atomic E-state index is 0.153. The number of rotatable bonds is 4. The van der Waals surface area contributed by atoms with Crippen molar-refractivity contribution in [2.45, 2.75) is 12.5 Å². The molecule has 1 aliphatic carbocycles. The molecule has 4 heteroatoms. The molecule has 4 aromatic rings. The monoisotopic (exact) mass is 370 g/mol. The minimum Gasteiger partial charge on any atom is -0.497 e. The number of carbonyl (C=O) groups excluding carboxylic acids is 1. The largest absolute Gasteiger partial charge is 0.497 e. The second kappa shape index (κ2) is 6.57. The SMILES string of the molecule is COc1ccc2c(CC(=O)OC3c4ccccc4-c4ccccc43)coc2c1. The Morgan fingerprint density at radius 2 is 1.64 bits per heavy atom. The van der Waals surface area contributed by atoms with Crippen molar-refractivity contribution in [3.63, 3.8) is 0 Å². The fraction of sp³-hybridized carbons (Fsp3) is 0.125. The number of methoxy groups -OCH3 is 1. The lowest BCUT2D eigenvalue weighted by atomic mass is 10.1. The molecule has 0 bridgehead atoms. The van der Waals surface area contributed by atoms with Gasteiger partial charge < -0.3 is 13.9 Å². The molecule has 1 aliphatic rings. The molecule has 138 valence electrons. The molecule has 4 nitrogen and oxygen atoms in total. The molecule has 3 aromatic carbocycles. The summed E-state index contributed by atoms with van der Waals surface area (Å²) in [5.74, 6) is 0.435. The summed E-state index contributed by atoms with van der Waals surface area (Å²) in [6.45, 7) is 0. The number of hydrogen-bond donors (Lipinski definition) is 0. The average Bonchev–Trinajstić information content (AvgIpc) is 3.27. The maximum absolute atomic E-state index is 12.8. The minimum atomic E-state index is -0.377. The summed E-state index contributed by atoms with van der Waals surface area (Å²) in [7, 11) is 1.61. The van der Waals surface area contributed by atoms with E-state index in [2.05, 4.69) is 12.1 Å². The van der Waals surface area contributed by atoms with Crippen LogP contribution in [0.25, 0.3) is 22.1 Å². The second-order valence-corrected chi connectivity index (χ2v) is 6.84. The highest BCUT2D eigenvalue weighted by atomic mass is 16.5. The third-order valence-corrected chi connectivity index (χ3v) is 5.22. The van der Waals surface area contributed by atoms with E-state index in [0.717, 1.165) is 39.0 Å². The van der Waals surface area contributed by atoms with Crippen molar-refractivity contribution in [3.05, 3.63) is 89.7 Å². The van der Waals surface area contributed by atoms with E-state index in [1.807, 2.05) is 54.6 Å². The number of furan rings is 1. The lowest BCUT2D eigenvalue weighted by Gasteiger charge is -2.15. The lowest BCUT2D eigenvalue weighted by Crippen LogP contribution is -2.12. The second-order valence-electron chi connectivity index (χ2n) is 6.84. The first-order valence-electron chi connectivity index (χ1n) is 9.16. The Kier molecular flexibility index (Phi) is 3.90. The van der Waals surface area contributed by atoms with Gasteiger partial charge in [-0.15, -0.1) is 0 Å². The molecule has 0 spiro atoms. The van der Waals surface area contributed by atoms with E-state index in [1.165, 1.54) is 0 Å². The van der Waals surface area contributed by atoms with Gasteiger partial charge in [-0.1, -0.05) is 48.5 Å². The van der Waals surface area contributed by atoms with Gasteiger partial charge in [-0.05, 0) is 23.3 Å². The van der Waals surface area contributed by atoms with Gasteiger partial charge in [0.05, 0.1) is 19.8 Å². The molecule has 0 atom stereocenters. The third-order valence-electron chi connectivity index (χ3n) is 5.22. The van der Waals surface area contributed by atoms with Gasteiger partial charge in [0.1, 0.15) is 11.3 Å². The Hall–Kier alpha value is -3.53. The molecule has 0 N–H and O–H groups in total. The van der Waals surface area contributed by atoms with Crippen LogP contribution in [0.5, 0.6) is 5.75 Å². The van der Waals surface area contributed by atoms with Crippen LogP contribution in [0.15, 0.2) is 77.4 Å². The highest BCUT2D eigenvalue weighted by molar-refractivity contribution is 5.87. The van der Waals surface area contributed by atoms with Crippen molar-refractivity contribution in [1.82, 2.24) is 0 Å². The molecule has 28 heavy (non-hydrogen) atoms. The number of carbonyl (C=O) groups is 1. The number of ether oxygens (including phenoxy) is 2. The van der Waals surface area contributed by atoms with E-state index in [0.29, 0.717) is 5.58 Å². The Morgan fingerprint density at radius 1 is 0.964 bits per heavy atom. The molecular weight excluding hydrogens is 352 g/mol. The van der Waals surface area contributed by atoms with Crippen LogP contribution in [0, 0.1) is 0 Å². The van der Waals surface area contributed by atoms with Gasteiger partial charge in [0.2, 0.25) is 0 Å². The number of benzene rings is 3. The van der Waals surface area contributed by atoms with Gasteiger partial charge >= 0.3 is 5.97 Å². The van der Waals surface area contributed by atoms with Gasteiger partial charge in [0.25, 0.3) is 0 Å². The van der Waals surface area contributed by atoms with Gasteiger partial charge in [0, 0.05) is 28.1 Å². The van der Waals surface area contributed by atoms with Gasteiger partial charge in [0.15, 0.2) is 6.10 Å². The van der Waals surface area contributed by atoms with Crippen molar-refractivity contribution in [3.8, 4) is 16.9 Å². The molecule has 0 fully saturated rings. The molecular formula is C24H18O4. The van der Waals surface area contributed by atoms with Crippen molar-refractivity contribution >= 4 is 16.9 Å². The van der Waals surface area contributed by atoms with Crippen LogP contribution in [-0.4, -0.2) is 13.1 Å². The zero-order chi connectivity index (χ0) is 19.1. The maximum atomic E-state index is 12.8. The van der Waals surface area contributed by atoms with E-state index in [4.69, 9.17) is 13.9 Å². The van der Waals surface area contributed by atoms with E-state index >= 15 is 0 Å². The quantitative estimate of drug-likeness (QED) is 0.458. The van der Waals surface area contributed by atoms with Crippen molar-refractivity contribution in [2.75, 3.05) is 7.11 Å². The van der Waals surface area contributed by atoms with Crippen LogP contribution in [0.4, 0.5) is 0 Å². The highest BCUT2D eigenvalue weighted by Crippen LogP contribution is 2.45. The first kappa shape index (κ1) is 16.6. The first-order chi connectivity index (χ1) is 13.7. The Balaban J connectivity index is 1.42. The molecule has 0 aliphatic heterocycles. The van der Waals surface area contributed by atoms with E-state index < -0.39 is 0 Å². The molecule has 0 unspecified atom stereocenters. The van der Waals surface area contributed by atoms with Crippen molar-refractivity contribution in [1.29, 1.82) is 0 Å². The topological polar surface area (TPSA) is 48.7 Å². The normalized spacial score (nSPS) is 12.6. The van der Waals surface area contributed by atoms with E-state index in [9.17, 15) is 4.79 Å². The molecule has 0 saturated carbocycles. The molecule has 0 radical (unpaired) electrons. The summed E-state index contributed by atoms with van der Waals surface area (Å²) in [6, 6.07) is 21.7. The highest BCUT2D eigenvalue weighted by Gasteiger charge is 2.31. The van der Waals surface area contributed by atoms with Gasteiger partial charge in [-0.25, -0.2) is 0 Å². The first-order valence-corrected chi connectivity index (χ1v) is 9.16. The zero-order valence-corrected chi connectivity index (χ0v) is 15.3. The lowest BCUT2D eigenvalue weighted by molar-refractivity contribution is -0.146. The summed E-state index contributed by atoms with van der Waals surface area (Å²) in [4.78, 5) is 12.8. The summed E-state index contributed by atoms with van der Waals surface area (Å²) in [6.07, 6.45) is 1.39. The number of fused-ring (bicyclic) bond motifs is 4. The van der Waals surface area contributed by atoms with Gasteiger partial charge in [-0.2, -0.15) is 0 Å². The summed E-state index contributed by atoms with van der Waals surface area (Å²) >= 11 is 0. The zero-order valence-electron chi connectivity index (χ0n) is 15.3. The molecule has 0 amide bonds. The smallest absolute Gasteiger partial charge is 0.311 e. The fourth-order valence-electron chi connectivity index (χ4n) is 3.89. The van der Waals surface area contributed by atoms with E-state index in [1.54, 1.807) is 13.4 Å². The average molecular weight is 370 g/mol. The Bertz CT molecular complexity index is 1140. The van der Waals surface area contributed by atoms with Crippen molar-refractivity contribution in [2.24, 2.45) is 0 Å². The van der Waals surface area contributed by atoms with Crippen LogP contribution in [0.1, 0.15) is 22.8 Å². The van der Waals surface area contributed by atoms with Crippen LogP contribution >= 0.6 is 0 Å². The third kappa shape index (κ3) is 2.65. The van der Waals surface area contributed by atoms with Crippen LogP contribution < -0.4 is 4.74 Å². The fourth-order valence-corrected chi connectivity index (χ4v) is 3.89. The Labute approximate surface area is 162 Å². The van der Waals surface area contributed by atoms with Crippen LogP contribution in [0.3, 0.4) is 0 Å². The van der Waals surface area contributed by atoms with Crippen LogP contribution in [0.2, 0.25) is 0 Å². The summed E-state index contributed by atoms with van der Waals surface area (Å²) in [5.41, 5.74) is 5.80. The molecule has 0 saturated heterocycles. The summed E-state index contributed by atoms with van der Waals surface area (Å²) in [5, 5.41) is 0.893. The predicted molar refractivity (Wildman–Crippen MR) is 106 cm³/mol. The standard InChI is InChI=1S/C24H18O4/c1-26-16-10-11-17-15(14-27-22(17)13-16)12-23(25)28-24-20-8-4-2-6-18(20)19-7-3-5-9-21(19)24/h2-11,13-14,24H,12H2,1H3. The van der Waals surface area contributed by atoms with Gasteiger partial charge in [-0.3, -0.25) is 4.79 Å². The Morgan fingerprint density at radius 3 is 2.32 bits per heavy atom. The predicted octanol–water partition coefficient (Wildman–Crippen LogP) is 5.30. The summed E-state index contributed by atoms with van der Waals surface area (Å²) < 4.78 is 16.7.